The molecule has 5 nitrogen and oxygen atoms in total. The molecule has 26 heavy (non-hydrogen) atoms. The zero-order chi connectivity index (χ0) is 18.7. The van der Waals surface area contributed by atoms with Gasteiger partial charge in [-0.1, -0.05) is 17.7 Å². The Balaban J connectivity index is 1.80. The van der Waals surface area contributed by atoms with Gasteiger partial charge in [-0.05, 0) is 42.8 Å². The molecular weight excluding hydrogens is 381 g/mol. The fourth-order valence-electron chi connectivity index (χ4n) is 2.86. The van der Waals surface area contributed by atoms with Gasteiger partial charge in [-0.15, -0.1) is 0 Å². The van der Waals surface area contributed by atoms with Crippen LogP contribution in [0.4, 0.5) is 4.39 Å². The summed E-state index contributed by atoms with van der Waals surface area (Å²) in [5.41, 5.74) is 1.15. The van der Waals surface area contributed by atoms with E-state index < -0.39 is 21.9 Å². The third-order valence-electron chi connectivity index (χ3n) is 3.99. The Labute approximate surface area is 157 Å². The number of sulfonamides is 1. The number of rotatable bonds is 6. The quantitative estimate of drug-likeness (QED) is 0.802. The Morgan fingerprint density at radius 3 is 2.85 bits per heavy atom. The highest BCUT2D eigenvalue weighted by atomic mass is 35.5. The molecule has 1 aliphatic heterocycles. The van der Waals surface area contributed by atoms with Crippen LogP contribution in [0.2, 0.25) is 5.02 Å². The van der Waals surface area contributed by atoms with E-state index in [1.54, 1.807) is 18.2 Å². The van der Waals surface area contributed by atoms with Crippen molar-refractivity contribution in [2.45, 2.75) is 25.1 Å². The molecule has 140 valence electrons. The van der Waals surface area contributed by atoms with Crippen molar-refractivity contribution in [3.05, 3.63) is 58.4 Å². The Kier molecular flexibility index (Phi) is 5.70. The molecular formula is C18H19ClFNO4S. The van der Waals surface area contributed by atoms with E-state index in [4.69, 9.17) is 21.1 Å². The van der Waals surface area contributed by atoms with Crippen LogP contribution in [0.3, 0.4) is 0 Å². The zero-order valence-electron chi connectivity index (χ0n) is 14.2. The fourth-order valence-corrected chi connectivity index (χ4v) is 4.44. The Bertz CT molecular complexity index is 904. The third-order valence-corrected chi connectivity index (χ3v) is 5.64. The molecule has 0 saturated carbocycles. The van der Waals surface area contributed by atoms with Crippen molar-refractivity contribution < 1.29 is 22.3 Å². The lowest BCUT2D eigenvalue weighted by Gasteiger charge is -2.27. The van der Waals surface area contributed by atoms with Crippen LogP contribution in [0, 0.1) is 5.82 Å². The Morgan fingerprint density at radius 2 is 2.12 bits per heavy atom. The van der Waals surface area contributed by atoms with E-state index in [2.05, 4.69) is 4.72 Å². The summed E-state index contributed by atoms with van der Waals surface area (Å²) in [5, 5.41) is -0.101. The lowest BCUT2D eigenvalue weighted by Crippen LogP contribution is -2.33. The van der Waals surface area contributed by atoms with Crippen molar-refractivity contribution in [3.8, 4) is 11.5 Å². The molecule has 0 saturated heterocycles. The van der Waals surface area contributed by atoms with Crippen LogP contribution in [-0.2, 0) is 15.8 Å². The number of hydrogen-bond donors (Lipinski definition) is 1. The minimum absolute atomic E-state index is 0.101. The highest BCUT2D eigenvalue weighted by Gasteiger charge is 2.26. The van der Waals surface area contributed by atoms with Gasteiger partial charge in [-0.3, -0.25) is 0 Å². The Morgan fingerprint density at radius 1 is 1.31 bits per heavy atom. The largest absolute Gasteiger partial charge is 0.494 e. The molecule has 2 aromatic carbocycles. The second-order valence-electron chi connectivity index (χ2n) is 5.95. The van der Waals surface area contributed by atoms with Gasteiger partial charge in [0.25, 0.3) is 0 Å². The molecule has 0 fully saturated rings. The normalized spacial score (nSPS) is 16.7. The first-order valence-corrected chi connectivity index (χ1v) is 10.2. The van der Waals surface area contributed by atoms with Gasteiger partial charge in [0.15, 0.2) is 0 Å². The second-order valence-corrected chi connectivity index (χ2v) is 8.11. The molecule has 1 N–H and O–H groups in total. The maximum absolute atomic E-state index is 13.2. The zero-order valence-corrected chi connectivity index (χ0v) is 15.7. The van der Waals surface area contributed by atoms with Gasteiger partial charge in [-0.25, -0.2) is 17.5 Å². The topological polar surface area (TPSA) is 64.6 Å². The summed E-state index contributed by atoms with van der Waals surface area (Å²) in [5.74, 6) is 0.427. The van der Waals surface area contributed by atoms with Crippen LogP contribution >= 0.6 is 11.6 Å². The van der Waals surface area contributed by atoms with Crippen molar-refractivity contribution in [2.24, 2.45) is 0 Å². The highest BCUT2D eigenvalue weighted by molar-refractivity contribution is 7.88. The first kappa shape index (κ1) is 18.9. The molecule has 1 atom stereocenters. The van der Waals surface area contributed by atoms with E-state index in [-0.39, 0.29) is 10.8 Å². The number of hydrogen-bond acceptors (Lipinski definition) is 4. The maximum Gasteiger partial charge on any atom is 0.216 e. The van der Waals surface area contributed by atoms with E-state index in [1.165, 1.54) is 12.1 Å². The molecule has 3 rings (SSSR count). The average molecular weight is 400 g/mol. The molecule has 1 aliphatic rings. The number of ether oxygens (including phenoxy) is 2. The number of halogens is 2. The van der Waals surface area contributed by atoms with E-state index in [0.717, 1.165) is 11.6 Å². The molecule has 0 aromatic heterocycles. The average Bonchev–Trinajstić information content (AvgIpc) is 2.58. The molecule has 8 heteroatoms. The summed E-state index contributed by atoms with van der Waals surface area (Å²) in [4.78, 5) is 0. The van der Waals surface area contributed by atoms with Crippen molar-refractivity contribution in [1.29, 1.82) is 0 Å². The molecule has 0 aliphatic carbocycles. The van der Waals surface area contributed by atoms with E-state index in [9.17, 15) is 12.8 Å². The summed E-state index contributed by atoms with van der Waals surface area (Å²) in [6, 6.07) is 8.83. The third kappa shape index (κ3) is 4.47. The summed E-state index contributed by atoms with van der Waals surface area (Å²) >= 11 is 5.73. The molecule has 0 radical (unpaired) electrons. The Hall–Kier alpha value is -1.83. The molecule has 2 aromatic rings. The smallest absolute Gasteiger partial charge is 0.216 e. The minimum atomic E-state index is -3.66. The second kappa shape index (κ2) is 7.82. The molecule has 1 unspecified atom stereocenters. The van der Waals surface area contributed by atoms with Gasteiger partial charge in [0.05, 0.1) is 30.0 Å². The van der Waals surface area contributed by atoms with Gasteiger partial charge < -0.3 is 9.47 Å². The van der Waals surface area contributed by atoms with Crippen molar-refractivity contribution in [2.75, 3.05) is 13.2 Å². The summed E-state index contributed by atoms with van der Waals surface area (Å²) in [6.45, 7) is 2.81. The van der Waals surface area contributed by atoms with Crippen molar-refractivity contribution in [1.82, 2.24) is 4.72 Å². The molecule has 1 heterocycles. The lowest BCUT2D eigenvalue weighted by molar-refractivity contribution is 0.261. The summed E-state index contributed by atoms with van der Waals surface area (Å²) in [6.07, 6.45) is 0.506. The van der Waals surface area contributed by atoms with Crippen LogP contribution in [-0.4, -0.2) is 21.6 Å². The molecule has 0 spiro atoms. The SMILES string of the molecule is CCOc1ccc2c(c1)C(NS(=O)(=O)Cc1ccc(F)c(Cl)c1)CCO2. The number of fused-ring (bicyclic) bond motifs is 1. The van der Waals surface area contributed by atoms with Crippen LogP contribution in [0.5, 0.6) is 11.5 Å². The van der Waals surface area contributed by atoms with Gasteiger partial charge >= 0.3 is 0 Å². The van der Waals surface area contributed by atoms with Gasteiger partial charge in [0, 0.05) is 12.0 Å². The summed E-state index contributed by atoms with van der Waals surface area (Å²) in [7, 11) is -3.66. The minimum Gasteiger partial charge on any atom is -0.494 e. The maximum atomic E-state index is 13.2. The number of nitrogens with one attached hydrogen (secondary N) is 1. The van der Waals surface area contributed by atoms with Crippen LogP contribution in [0.15, 0.2) is 36.4 Å². The fraction of sp³-hybridized carbons (Fsp3) is 0.333. The number of benzene rings is 2. The lowest BCUT2D eigenvalue weighted by atomic mass is 10.0. The van der Waals surface area contributed by atoms with Crippen LogP contribution in [0.1, 0.15) is 30.5 Å². The predicted molar refractivity (Wildman–Crippen MR) is 97.6 cm³/mol. The van der Waals surface area contributed by atoms with Gasteiger partial charge in [0.2, 0.25) is 10.0 Å². The monoisotopic (exact) mass is 399 g/mol. The van der Waals surface area contributed by atoms with E-state index in [1.807, 2.05) is 6.92 Å². The van der Waals surface area contributed by atoms with Crippen LogP contribution < -0.4 is 14.2 Å². The van der Waals surface area contributed by atoms with Crippen LogP contribution in [0.25, 0.3) is 0 Å². The first-order chi connectivity index (χ1) is 12.4. The predicted octanol–water partition coefficient (Wildman–Crippen LogP) is 3.82. The first-order valence-electron chi connectivity index (χ1n) is 8.21. The standard InChI is InChI=1S/C18H19ClFNO4S/c1-2-24-13-4-6-18-14(10-13)17(7-8-25-18)21-26(22,23)11-12-3-5-16(20)15(19)9-12/h3-6,9-10,17,21H,2,7-8,11H2,1H3. The summed E-state index contributed by atoms with van der Waals surface area (Å²) < 4.78 is 52.2. The van der Waals surface area contributed by atoms with E-state index in [0.29, 0.717) is 36.7 Å². The van der Waals surface area contributed by atoms with Gasteiger partial charge in [0.1, 0.15) is 17.3 Å². The van der Waals surface area contributed by atoms with Crippen molar-refractivity contribution >= 4 is 21.6 Å². The van der Waals surface area contributed by atoms with Crippen molar-refractivity contribution in [3.63, 3.8) is 0 Å². The highest BCUT2D eigenvalue weighted by Crippen LogP contribution is 2.35. The van der Waals surface area contributed by atoms with E-state index >= 15 is 0 Å². The van der Waals surface area contributed by atoms with Gasteiger partial charge in [-0.2, -0.15) is 0 Å². The molecule has 0 bridgehead atoms. The molecule has 0 amide bonds.